The lowest BCUT2D eigenvalue weighted by Gasteiger charge is -2.39. The van der Waals surface area contributed by atoms with Crippen LogP contribution in [0.25, 0.3) is 0 Å². The molecule has 0 unspecified atom stereocenters. The van der Waals surface area contributed by atoms with Crippen molar-refractivity contribution in [2.45, 2.75) is 45.6 Å². The lowest BCUT2D eigenvalue weighted by molar-refractivity contribution is 0.214. The molecule has 1 heterocycles. The van der Waals surface area contributed by atoms with Gasteiger partial charge in [-0.1, -0.05) is 6.92 Å². The van der Waals surface area contributed by atoms with Gasteiger partial charge in [0.2, 0.25) is 0 Å². The number of nitrogens with two attached hydrogens (primary N) is 1. The number of rotatable bonds is 5. The average Bonchev–Trinajstić information content (AvgIpc) is 2.37. The van der Waals surface area contributed by atoms with E-state index in [0.29, 0.717) is 25.6 Å². The van der Waals surface area contributed by atoms with Crippen molar-refractivity contribution < 1.29 is 8.42 Å². The molecule has 0 saturated carbocycles. The molecular weight excluding hydrogens is 250 g/mol. The van der Waals surface area contributed by atoms with Crippen LogP contribution in [0.1, 0.15) is 40.0 Å². The molecule has 6 heteroatoms. The zero-order chi connectivity index (χ0) is 14.0. The van der Waals surface area contributed by atoms with Crippen molar-refractivity contribution in [3.05, 3.63) is 0 Å². The molecule has 0 aromatic carbocycles. The van der Waals surface area contributed by atoms with Crippen LogP contribution in [0.4, 0.5) is 0 Å². The van der Waals surface area contributed by atoms with Crippen molar-refractivity contribution in [1.82, 2.24) is 8.61 Å². The van der Waals surface area contributed by atoms with E-state index in [1.165, 1.54) is 4.31 Å². The van der Waals surface area contributed by atoms with E-state index in [1.54, 1.807) is 11.4 Å². The molecule has 1 aliphatic rings. The summed E-state index contributed by atoms with van der Waals surface area (Å²) in [5.74, 6) is 0.473. The molecule has 0 bridgehead atoms. The Morgan fingerprint density at radius 2 is 1.83 bits per heavy atom. The molecule has 1 aliphatic heterocycles. The average molecular weight is 277 g/mol. The van der Waals surface area contributed by atoms with E-state index in [4.69, 9.17) is 5.73 Å². The molecule has 0 aliphatic carbocycles. The van der Waals surface area contributed by atoms with E-state index in [9.17, 15) is 8.42 Å². The van der Waals surface area contributed by atoms with E-state index in [0.717, 1.165) is 19.3 Å². The van der Waals surface area contributed by atoms with Crippen LogP contribution in [0.3, 0.4) is 0 Å². The third kappa shape index (κ3) is 3.23. The van der Waals surface area contributed by atoms with Crippen molar-refractivity contribution in [2.75, 3.05) is 26.7 Å². The Hall–Kier alpha value is -0.170. The monoisotopic (exact) mass is 277 g/mol. The van der Waals surface area contributed by atoms with E-state index >= 15 is 0 Å². The summed E-state index contributed by atoms with van der Waals surface area (Å²) < 4.78 is 28.1. The normalized spacial score (nSPS) is 20.6. The first kappa shape index (κ1) is 15.9. The van der Waals surface area contributed by atoms with Crippen molar-refractivity contribution in [3.8, 4) is 0 Å². The molecule has 1 fully saturated rings. The number of hydrogen-bond donors (Lipinski definition) is 1. The molecule has 0 aromatic heterocycles. The molecule has 0 radical (unpaired) electrons. The number of hydrogen-bond acceptors (Lipinski definition) is 3. The second kappa shape index (κ2) is 5.86. The third-order valence-electron chi connectivity index (χ3n) is 4.30. The van der Waals surface area contributed by atoms with Gasteiger partial charge in [-0.3, -0.25) is 0 Å². The highest BCUT2D eigenvalue weighted by molar-refractivity contribution is 7.86. The molecule has 1 saturated heterocycles. The van der Waals surface area contributed by atoms with Gasteiger partial charge in [0.1, 0.15) is 0 Å². The first-order chi connectivity index (χ1) is 8.25. The summed E-state index contributed by atoms with van der Waals surface area (Å²) in [6, 6.07) is 0. The van der Waals surface area contributed by atoms with Gasteiger partial charge in [-0.25, -0.2) is 0 Å². The largest absolute Gasteiger partial charge is 0.330 e. The summed E-state index contributed by atoms with van der Waals surface area (Å²) in [5, 5.41) is 0. The minimum atomic E-state index is -3.34. The fourth-order valence-electron chi connectivity index (χ4n) is 2.08. The Balaban J connectivity index is 2.76. The van der Waals surface area contributed by atoms with Crippen molar-refractivity contribution in [2.24, 2.45) is 11.7 Å². The van der Waals surface area contributed by atoms with Crippen LogP contribution in [0.15, 0.2) is 0 Å². The van der Waals surface area contributed by atoms with E-state index in [1.807, 2.05) is 20.8 Å². The summed E-state index contributed by atoms with van der Waals surface area (Å²) in [7, 11) is -1.66. The summed E-state index contributed by atoms with van der Waals surface area (Å²) in [5.41, 5.74) is 5.29. The van der Waals surface area contributed by atoms with Gasteiger partial charge in [-0.2, -0.15) is 17.0 Å². The standard InChI is InChI=1S/C12H27N3O2S/c1-5-12(2,3)14(4)18(16,17)15-8-6-11(10-13)7-9-15/h11H,5-10,13H2,1-4H3. The topological polar surface area (TPSA) is 66.6 Å². The summed E-state index contributed by atoms with van der Waals surface area (Å²) >= 11 is 0. The molecule has 0 spiro atoms. The van der Waals surface area contributed by atoms with Crippen LogP contribution >= 0.6 is 0 Å². The van der Waals surface area contributed by atoms with Crippen LogP contribution in [-0.4, -0.2) is 49.2 Å². The van der Waals surface area contributed by atoms with Gasteiger partial charge in [0, 0.05) is 25.7 Å². The maximum atomic E-state index is 12.5. The zero-order valence-corrected chi connectivity index (χ0v) is 12.8. The second-order valence-electron chi connectivity index (χ2n) is 5.72. The smallest absolute Gasteiger partial charge is 0.282 e. The van der Waals surface area contributed by atoms with Crippen molar-refractivity contribution in [3.63, 3.8) is 0 Å². The lowest BCUT2D eigenvalue weighted by atomic mass is 9.99. The van der Waals surface area contributed by atoms with Gasteiger partial charge < -0.3 is 5.73 Å². The van der Waals surface area contributed by atoms with Crippen LogP contribution in [0, 0.1) is 5.92 Å². The zero-order valence-electron chi connectivity index (χ0n) is 12.0. The fourth-order valence-corrected chi connectivity index (χ4v) is 3.86. The van der Waals surface area contributed by atoms with Crippen molar-refractivity contribution >= 4 is 10.2 Å². The van der Waals surface area contributed by atoms with Crippen molar-refractivity contribution in [1.29, 1.82) is 0 Å². The summed E-state index contributed by atoms with van der Waals surface area (Å²) in [6.07, 6.45) is 2.54. The lowest BCUT2D eigenvalue weighted by Crippen LogP contribution is -2.53. The molecule has 0 aromatic rings. The quantitative estimate of drug-likeness (QED) is 0.816. The van der Waals surface area contributed by atoms with Gasteiger partial charge in [0.15, 0.2) is 0 Å². The molecule has 0 atom stereocenters. The van der Waals surface area contributed by atoms with Crippen LogP contribution in [0.5, 0.6) is 0 Å². The predicted molar refractivity (Wildman–Crippen MR) is 74.4 cm³/mol. The van der Waals surface area contributed by atoms with Crippen LogP contribution in [-0.2, 0) is 10.2 Å². The minimum Gasteiger partial charge on any atom is -0.330 e. The molecule has 18 heavy (non-hydrogen) atoms. The van der Waals surface area contributed by atoms with Gasteiger partial charge in [0.25, 0.3) is 10.2 Å². The molecule has 2 N–H and O–H groups in total. The Morgan fingerprint density at radius 1 is 1.33 bits per heavy atom. The van der Waals surface area contributed by atoms with Crippen LogP contribution in [0.2, 0.25) is 0 Å². The van der Waals surface area contributed by atoms with Gasteiger partial charge in [-0.05, 0) is 45.6 Å². The predicted octanol–water partition coefficient (Wildman–Crippen LogP) is 1.02. The Morgan fingerprint density at radius 3 is 2.22 bits per heavy atom. The SMILES string of the molecule is CCC(C)(C)N(C)S(=O)(=O)N1CCC(CN)CC1. The number of piperidine rings is 1. The van der Waals surface area contributed by atoms with Gasteiger partial charge in [0.05, 0.1) is 0 Å². The maximum Gasteiger partial charge on any atom is 0.282 e. The van der Waals surface area contributed by atoms with Gasteiger partial charge >= 0.3 is 0 Å². The molecule has 0 amide bonds. The van der Waals surface area contributed by atoms with E-state index < -0.39 is 10.2 Å². The molecule has 108 valence electrons. The van der Waals surface area contributed by atoms with Gasteiger partial charge in [-0.15, -0.1) is 0 Å². The minimum absolute atomic E-state index is 0.344. The number of nitrogens with zero attached hydrogens (tertiary/aromatic N) is 2. The molecule has 1 rings (SSSR count). The fraction of sp³-hybridized carbons (Fsp3) is 1.00. The highest BCUT2D eigenvalue weighted by atomic mass is 32.2. The Bertz CT molecular complexity index is 360. The van der Waals surface area contributed by atoms with E-state index in [2.05, 4.69) is 0 Å². The Labute approximate surface area is 112 Å². The molecular formula is C12H27N3O2S. The van der Waals surface area contributed by atoms with Crippen LogP contribution < -0.4 is 5.73 Å². The first-order valence-corrected chi connectivity index (χ1v) is 8.09. The highest BCUT2D eigenvalue weighted by Crippen LogP contribution is 2.25. The Kier molecular flexibility index (Phi) is 5.17. The molecule has 5 nitrogen and oxygen atoms in total. The first-order valence-electron chi connectivity index (χ1n) is 6.70. The highest BCUT2D eigenvalue weighted by Gasteiger charge is 2.37. The maximum absolute atomic E-state index is 12.5. The summed E-state index contributed by atoms with van der Waals surface area (Å²) in [6.45, 7) is 7.76. The summed E-state index contributed by atoms with van der Waals surface area (Å²) in [4.78, 5) is 0. The second-order valence-corrected chi connectivity index (χ2v) is 7.68. The van der Waals surface area contributed by atoms with E-state index in [-0.39, 0.29) is 5.54 Å². The third-order valence-corrected chi connectivity index (χ3v) is 6.50.